The van der Waals surface area contributed by atoms with Crippen molar-refractivity contribution in [2.24, 2.45) is 11.7 Å². The van der Waals surface area contributed by atoms with Crippen LogP contribution in [0.15, 0.2) is 11.8 Å². The largest absolute Gasteiger partial charge is 0.478 e. The molecule has 0 saturated heterocycles. The van der Waals surface area contributed by atoms with Gasteiger partial charge in [-0.2, -0.15) is 0 Å². The summed E-state index contributed by atoms with van der Waals surface area (Å²) in [5.74, 6) is -0.583. The van der Waals surface area contributed by atoms with Gasteiger partial charge in [-0.05, 0) is 18.8 Å². The molecule has 0 heterocycles. The molecule has 0 aromatic carbocycles. The Morgan fingerprint density at radius 1 is 1.67 bits per heavy atom. The van der Waals surface area contributed by atoms with Gasteiger partial charge in [-0.1, -0.05) is 0 Å². The number of nitrogens with two attached hydrogens (primary N) is 1. The van der Waals surface area contributed by atoms with Crippen LogP contribution in [0.5, 0.6) is 0 Å². The number of carbonyl (C=O) groups is 1. The summed E-state index contributed by atoms with van der Waals surface area (Å²) in [6, 6.07) is 0. The van der Waals surface area contributed by atoms with Gasteiger partial charge in [-0.25, -0.2) is 4.79 Å². The molecule has 3 nitrogen and oxygen atoms in total. The molecule has 3 N–H and O–H groups in total. The highest BCUT2D eigenvalue weighted by molar-refractivity contribution is 5.80. The fourth-order valence-corrected chi connectivity index (χ4v) is 0.677. The smallest absolute Gasteiger partial charge is 0.330 e. The zero-order valence-corrected chi connectivity index (χ0v) is 5.00. The Morgan fingerprint density at radius 3 is 2.56 bits per heavy atom. The van der Waals surface area contributed by atoms with Crippen LogP contribution < -0.4 is 5.73 Å². The second kappa shape index (κ2) is 2.09. The van der Waals surface area contributed by atoms with E-state index in [0.717, 1.165) is 18.9 Å². The molecule has 0 unspecified atom stereocenters. The van der Waals surface area contributed by atoms with Crippen LogP contribution in [0.25, 0.3) is 0 Å². The molecule has 3 heteroatoms. The van der Waals surface area contributed by atoms with E-state index in [1.54, 1.807) is 0 Å². The summed E-state index contributed by atoms with van der Waals surface area (Å²) in [5, 5.41) is 8.20. The van der Waals surface area contributed by atoms with E-state index in [1.807, 2.05) is 0 Å². The molecule has 1 fully saturated rings. The van der Waals surface area contributed by atoms with E-state index < -0.39 is 5.97 Å². The molecule has 0 atom stereocenters. The summed E-state index contributed by atoms with van der Waals surface area (Å²) in [7, 11) is 0. The third-order valence-corrected chi connectivity index (χ3v) is 1.34. The van der Waals surface area contributed by atoms with Crippen molar-refractivity contribution < 1.29 is 9.90 Å². The fraction of sp³-hybridized carbons (Fsp3) is 0.500. The third kappa shape index (κ3) is 1.76. The Bertz CT molecular complexity index is 158. The highest BCUT2D eigenvalue weighted by Crippen LogP contribution is 2.33. The lowest BCUT2D eigenvalue weighted by Crippen LogP contribution is -2.02. The Labute approximate surface area is 53.2 Å². The zero-order valence-electron chi connectivity index (χ0n) is 5.00. The molecule has 0 aromatic rings. The molecule has 0 aromatic heterocycles. The first-order valence-electron chi connectivity index (χ1n) is 2.90. The molecule has 0 spiro atoms. The minimum absolute atomic E-state index is 0.362. The van der Waals surface area contributed by atoms with Crippen molar-refractivity contribution in [2.75, 3.05) is 0 Å². The number of hydrogen-bond donors (Lipinski definition) is 2. The topological polar surface area (TPSA) is 63.3 Å². The van der Waals surface area contributed by atoms with Gasteiger partial charge in [0.25, 0.3) is 0 Å². The first-order chi connectivity index (χ1) is 4.20. The van der Waals surface area contributed by atoms with Crippen LogP contribution in [0.1, 0.15) is 12.8 Å². The van der Waals surface area contributed by atoms with Crippen molar-refractivity contribution in [3.8, 4) is 0 Å². The summed E-state index contributed by atoms with van der Waals surface area (Å²) in [6.07, 6.45) is 3.18. The van der Waals surface area contributed by atoms with Gasteiger partial charge < -0.3 is 10.8 Å². The van der Waals surface area contributed by atoms with Crippen LogP contribution in [-0.2, 0) is 4.79 Å². The van der Waals surface area contributed by atoms with Crippen LogP contribution in [0.2, 0.25) is 0 Å². The van der Waals surface area contributed by atoms with Crippen LogP contribution in [-0.4, -0.2) is 11.1 Å². The maximum atomic E-state index is 9.99. The van der Waals surface area contributed by atoms with Crippen molar-refractivity contribution in [1.29, 1.82) is 0 Å². The summed E-state index contributed by atoms with van der Waals surface area (Å²) in [4.78, 5) is 9.99. The third-order valence-electron chi connectivity index (χ3n) is 1.34. The SMILES string of the molecule is N/C(=C\C(=O)O)C1CC1. The molecule has 1 rings (SSSR count). The van der Waals surface area contributed by atoms with Gasteiger partial charge in [-0.3, -0.25) is 0 Å². The first-order valence-corrected chi connectivity index (χ1v) is 2.90. The van der Waals surface area contributed by atoms with Gasteiger partial charge in [-0.15, -0.1) is 0 Å². The van der Waals surface area contributed by atoms with Gasteiger partial charge >= 0.3 is 5.97 Å². The summed E-state index contributed by atoms with van der Waals surface area (Å²) >= 11 is 0. The summed E-state index contributed by atoms with van der Waals surface area (Å²) < 4.78 is 0. The number of allylic oxidation sites excluding steroid dienone is 1. The average Bonchev–Trinajstić information content (AvgIpc) is 2.40. The van der Waals surface area contributed by atoms with Crippen molar-refractivity contribution in [1.82, 2.24) is 0 Å². The lowest BCUT2D eigenvalue weighted by Gasteiger charge is -1.91. The minimum atomic E-state index is -0.945. The number of carboxylic acids is 1. The van der Waals surface area contributed by atoms with Crippen LogP contribution in [0.3, 0.4) is 0 Å². The van der Waals surface area contributed by atoms with Crippen LogP contribution in [0, 0.1) is 5.92 Å². The van der Waals surface area contributed by atoms with E-state index in [1.165, 1.54) is 0 Å². The molecular weight excluding hydrogens is 118 g/mol. The van der Waals surface area contributed by atoms with Crippen LogP contribution in [0.4, 0.5) is 0 Å². The van der Waals surface area contributed by atoms with Crippen LogP contribution >= 0.6 is 0 Å². The molecule has 0 bridgehead atoms. The van der Waals surface area contributed by atoms with Gasteiger partial charge in [0, 0.05) is 11.8 Å². The Balaban J connectivity index is 2.47. The van der Waals surface area contributed by atoms with E-state index in [2.05, 4.69) is 0 Å². The predicted octanol–water partition coefficient (Wildman–Crippen LogP) is 0.324. The Kier molecular flexibility index (Phi) is 1.42. The van der Waals surface area contributed by atoms with Crippen molar-refractivity contribution in [2.45, 2.75) is 12.8 Å². The van der Waals surface area contributed by atoms with E-state index in [4.69, 9.17) is 10.8 Å². The number of aliphatic carboxylic acids is 1. The minimum Gasteiger partial charge on any atom is -0.478 e. The summed E-state index contributed by atoms with van der Waals surface area (Å²) in [6.45, 7) is 0. The second-order valence-electron chi connectivity index (χ2n) is 2.26. The zero-order chi connectivity index (χ0) is 6.85. The standard InChI is InChI=1S/C6H9NO2/c7-5(3-6(8)9)4-1-2-4/h3-4H,1-2,7H2,(H,8,9)/b5-3-. The molecule has 0 amide bonds. The van der Waals surface area contributed by atoms with E-state index in [9.17, 15) is 4.79 Å². The molecule has 0 radical (unpaired) electrons. The second-order valence-corrected chi connectivity index (χ2v) is 2.26. The lowest BCUT2D eigenvalue weighted by atomic mass is 10.3. The Morgan fingerprint density at radius 2 is 2.22 bits per heavy atom. The van der Waals surface area contributed by atoms with Gasteiger partial charge in [0.15, 0.2) is 0 Å². The number of rotatable bonds is 2. The fourth-order valence-electron chi connectivity index (χ4n) is 0.677. The molecule has 50 valence electrons. The Hall–Kier alpha value is -0.990. The van der Waals surface area contributed by atoms with Crippen molar-refractivity contribution in [3.63, 3.8) is 0 Å². The monoisotopic (exact) mass is 127 g/mol. The lowest BCUT2D eigenvalue weighted by molar-refractivity contribution is -0.131. The molecular formula is C6H9NO2. The quantitative estimate of drug-likeness (QED) is 0.525. The molecule has 9 heavy (non-hydrogen) atoms. The average molecular weight is 127 g/mol. The van der Waals surface area contributed by atoms with E-state index in [-0.39, 0.29) is 0 Å². The highest BCUT2D eigenvalue weighted by atomic mass is 16.4. The predicted molar refractivity (Wildman–Crippen MR) is 32.6 cm³/mol. The van der Waals surface area contributed by atoms with Crippen molar-refractivity contribution in [3.05, 3.63) is 11.8 Å². The summed E-state index contributed by atoms with van der Waals surface area (Å²) in [5.41, 5.74) is 5.88. The van der Waals surface area contributed by atoms with Gasteiger partial charge in [0.1, 0.15) is 0 Å². The molecule has 1 aliphatic carbocycles. The highest BCUT2D eigenvalue weighted by Gasteiger charge is 2.24. The van der Waals surface area contributed by atoms with E-state index >= 15 is 0 Å². The molecule has 1 aliphatic rings. The number of hydrogen-bond acceptors (Lipinski definition) is 2. The van der Waals surface area contributed by atoms with E-state index in [0.29, 0.717) is 11.6 Å². The normalized spacial score (nSPS) is 19.8. The number of carboxylic acid groups (broad SMARTS) is 1. The van der Waals surface area contributed by atoms with Gasteiger partial charge in [0.05, 0.1) is 0 Å². The maximum absolute atomic E-state index is 9.99. The van der Waals surface area contributed by atoms with Gasteiger partial charge in [0.2, 0.25) is 0 Å². The molecule has 0 aliphatic heterocycles. The maximum Gasteiger partial charge on any atom is 0.330 e. The first kappa shape index (κ1) is 6.13. The molecule has 1 saturated carbocycles. The van der Waals surface area contributed by atoms with Crippen molar-refractivity contribution >= 4 is 5.97 Å².